The minimum absolute atomic E-state index is 0.0699. The Morgan fingerprint density at radius 1 is 1.15 bits per heavy atom. The molecule has 0 aromatic rings. The molecule has 0 N–H and O–H groups in total. The van der Waals surface area contributed by atoms with Gasteiger partial charge >= 0.3 is 0 Å². The summed E-state index contributed by atoms with van der Waals surface area (Å²) in [4.78, 5) is 0. The van der Waals surface area contributed by atoms with Crippen LogP contribution in [0.4, 0.5) is 0 Å². The van der Waals surface area contributed by atoms with Crippen molar-refractivity contribution in [3.8, 4) is 0 Å². The molecule has 1 aliphatic carbocycles. The molecule has 0 amide bonds. The van der Waals surface area contributed by atoms with E-state index in [4.69, 9.17) is 23.2 Å². The summed E-state index contributed by atoms with van der Waals surface area (Å²) in [5.74, 6) is 0.614. The zero-order valence-corrected chi connectivity index (χ0v) is 10.1. The first-order chi connectivity index (χ1) is 5.82. The molecule has 1 saturated carbocycles. The summed E-state index contributed by atoms with van der Waals surface area (Å²) in [5.41, 5.74) is 1.31. The van der Waals surface area contributed by atoms with Gasteiger partial charge < -0.3 is 0 Å². The third kappa shape index (κ3) is 2.63. The SMILES string of the molecule is C=C1C(Cl)CC(C(C)(C)C)CC1Cl. The minimum Gasteiger partial charge on any atom is -0.118 e. The van der Waals surface area contributed by atoms with Crippen LogP contribution < -0.4 is 0 Å². The van der Waals surface area contributed by atoms with Crippen LogP contribution in [0.3, 0.4) is 0 Å². The standard InChI is InChI=1S/C11H18Cl2/c1-7-9(12)5-8(6-10(7)13)11(2,3)4/h8-10H,1,5-6H2,2-4H3. The van der Waals surface area contributed by atoms with Gasteiger partial charge in [-0.15, -0.1) is 23.2 Å². The average molecular weight is 221 g/mol. The molecule has 1 aliphatic rings. The van der Waals surface area contributed by atoms with Gasteiger partial charge in [0.25, 0.3) is 0 Å². The first kappa shape index (κ1) is 11.4. The van der Waals surface area contributed by atoms with E-state index in [-0.39, 0.29) is 10.8 Å². The highest BCUT2D eigenvalue weighted by molar-refractivity contribution is 6.27. The summed E-state index contributed by atoms with van der Waals surface area (Å²) in [6, 6.07) is 0. The fourth-order valence-electron chi connectivity index (χ4n) is 1.80. The second-order valence-electron chi connectivity index (χ2n) is 5.04. The molecule has 2 heteroatoms. The third-order valence-corrected chi connectivity index (χ3v) is 3.93. The maximum atomic E-state index is 6.18. The molecule has 13 heavy (non-hydrogen) atoms. The predicted molar refractivity (Wildman–Crippen MR) is 60.6 cm³/mol. The van der Waals surface area contributed by atoms with Gasteiger partial charge in [0.05, 0.1) is 10.8 Å². The molecular weight excluding hydrogens is 203 g/mol. The summed E-state index contributed by atoms with van der Waals surface area (Å²) in [6.45, 7) is 10.7. The van der Waals surface area contributed by atoms with E-state index in [1.54, 1.807) is 0 Å². The molecule has 2 atom stereocenters. The lowest BCUT2D eigenvalue weighted by Gasteiger charge is -2.39. The minimum atomic E-state index is 0.0699. The van der Waals surface area contributed by atoms with Gasteiger partial charge in [0.2, 0.25) is 0 Å². The van der Waals surface area contributed by atoms with Crippen molar-refractivity contribution in [2.45, 2.75) is 44.4 Å². The molecule has 0 saturated heterocycles. The molecule has 0 aromatic heterocycles. The Morgan fingerprint density at radius 2 is 1.54 bits per heavy atom. The second kappa shape index (κ2) is 3.82. The smallest absolute Gasteiger partial charge is 0.0559 e. The quantitative estimate of drug-likeness (QED) is 0.424. The maximum absolute atomic E-state index is 6.18. The summed E-state index contributed by atoms with van der Waals surface area (Å²) in [6.07, 6.45) is 2.04. The van der Waals surface area contributed by atoms with E-state index in [0.29, 0.717) is 11.3 Å². The van der Waals surface area contributed by atoms with E-state index < -0.39 is 0 Å². The monoisotopic (exact) mass is 220 g/mol. The van der Waals surface area contributed by atoms with E-state index in [1.165, 1.54) is 0 Å². The fourth-order valence-corrected chi connectivity index (χ4v) is 2.60. The van der Waals surface area contributed by atoms with Crippen LogP contribution >= 0.6 is 23.2 Å². The number of hydrogen-bond acceptors (Lipinski definition) is 0. The van der Waals surface area contributed by atoms with Gasteiger partial charge in [-0.2, -0.15) is 0 Å². The number of hydrogen-bond donors (Lipinski definition) is 0. The Kier molecular flexibility index (Phi) is 3.35. The molecule has 0 aromatic carbocycles. The molecule has 1 fully saturated rings. The molecule has 0 spiro atoms. The number of rotatable bonds is 0. The first-order valence-electron chi connectivity index (χ1n) is 4.79. The number of alkyl halides is 2. The van der Waals surface area contributed by atoms with Gasteiger partial charge in [-0.3, -0.25) is 0 Å². The van der Waals surface area contributed by atoms with Crippen LogP contribution in [-0.2, 0) is 0 Å². The van der Waals surface area contributed by atoms with Crippen LogP contribution in [0, 0.1) is 11.3 Å². The second-order valence-corrected chi connectivity index (χ2v) is 6.10. The van der Waals surface area contributed by atoms with Crippen molar-refractivity contribution in [2.24, 2.45) is 11.3 Å². The third-order valence-electron chi connectivity index (χ3n) is 3.01. The molecule has 76 valence electrons. The number of halogens is 2. The molecule has 0 radical (unpaired) electrons. The topological polar surface area (TPSA) is 0 Å². The van der Waals surface area contributed by atoms with Crippen LogP contribution in [0.2, 0.25) is 0 Å². The molecular formula is C11H18Cl2. The Morgan fingerprint density at radius 3 is 1.85 bits per heavy atom. The van der Waals surface area contributed by atoms with Gasteiger partial charge in [-0.25, -0.2) is 0 Å². The summed E-state index contributed by atoms with van der Waals surface area (Å²) in [5, 5.41) is 0.140. The van der Waals surface area contributed by atoms with E-state index in [9.17, 15) is 0 Å². The Hall–Kier alpha value is 0.320. The van der Waals surface area contributed by atoms with Crippen LogP contribution in [0.25, 0.3) is 0 Å². The van der Waals surface area contributed by atoms with Gasteiger partial charge in [0.15, 0.2) is 0 Å². The highest BCUT2D eigenvalue weighted by Crippen LogP contribution is 2.42. The number of allylic oxidation sites excluding steroid dienone is 1. The zero-order valence-electron chi connectivity index (χ0n) is 8.61. The lowest BCUT2D eigenvalue weighted by atomic mass is 9.71. The van der Waals surface area contributed by atoms with Crippen LogP contribution in [-0.4, -0.2) is 10.8 Å². The van der Waals surface area contributed by atoms with Crippen molar-refractivity contribution in [3.63, 3.8) is 0 Å². The zero-order chi connectivity index (χ0) is 10.2. The summed E-state index contributed by atoms with van der Waals surface area (Å²) in [7, 11) is 0. The van der Waals surface area contributed by atoms with Crippen LogP contribution in [0.1, 0.15) is 33.6 Å². The van der Waals surface area contributed by atoms with Crippen LogP contribution in [0.5, 0.6) is 0 Å². The Balaban J connectivity index is 2.69. The van der Waals surface area contributed by atoms with Crippen molar-refractivity contribution in [1.29, 1.82) is 0 Å². The van der Waals surface area contributed by atoms with E-state index in [0.717, 1.165) is 18.4 Å². The summed E-state index contributed by atoms with van der Waals surface area (Å²) < 4.78 is 0. The van der Waals surface area contributed by atoms with Crippen molar-refractivity contribution >= 4 is 23.2 Å². The molecule has 0 aliphatic heterocycles. The highest BCUT2D eigenvalue weighted by atomic mass is 35.5. The van der Waals surface area contributed by atoms with Crippen molar-refractivity contribution in [3.05, 3.63) is 12.2 Å². The lowest BCUT2D eigenvalue weighted by Crippen LogP contribution is -2.33. The largest absolute Gasteiger partial charge is 0.118 e. The Bertz CT molecular complexity index is 189. The fraction of sp³-hybridized carbons (Fsp3) is 0.818. The van der Waals surface area contributed by atoms with Crippen molar-refractivity contribution in [1.82, 2.24) is 0 Å². The van der Waals surface area contributed by atoms with Crippen LogP contribution in [0.15, 0.2) is 12.2 Å². The molecule has 0 heterocycles. The van der Waals surface area contributed by atoms with E-state index in [2.05, 4.69) is 27.4 Å². The maximum Gasteiger partial charge on any atom is 0.0559 e. The molecule has 1 rings (SSSR count). The van der Waals surface area contributed by atoms with E-state index >= 15 is 0 Å². The predicted octanol–water partition coefficient (Wildman–Crippen LogP) is 4.21. The van der Waals surface area contributed by atoms with Gasteiger partial charge in [-0.05, 0) is 29.7 Å². The lowest BCUT2D eigenvalue weighted by molar-refractivity contribution is 0.201. The average Bonchev–Trinajstić information content (AvgIpc) is 1.97. The van der Waals surface area contributed by atoms with Gasteiger partial charge in [-0.1, -0.05) is 27.4 Å². The molecule has 0 bridgehead atoms. The molecule has 0 nitrogen and oxygen atoms in total. The highest BCUT2D eigenvalue weighted by Gasteiger charge is 2.35. The van der Waals surface area contributed by atoms with Crippen molar-refractivity contribution < 1.29 is 0 Å². The van der Waals surface area contributed by atoms with Gasteiger partial charge in [0, 0.05) is 0 Å². The summed E-state index contributed by atoms with van der Waals surface area (Å²) >= 11 is 12.4. The Labute approximate surface area is 91.3 Å². The van der Waals surface area contributed by atoms with Gasteiger partial charge in [0.1, 0.15) is 0 Å². The van der Waals surface area contributed by atoms with Crippen molar-refractivity contribution in [2.75, 3.05) is 0 Å². The van der Waals surface area contributed by atoms with E-state index in [1.807, 2.05) is 0 Å². The first-order valence-corrected chi connectivity index (χ1v) is 5.66. The normalized spacial score (nSPS) is 36.4. The molecule has 2 unspecified atom stereocenters.